The van der Waals surface area contributed by atoms with Crippen molar-refractivity contribution < 1.29 is 14.6 Å². The molecule has 0 bridgehead atoms. The zero-order valence-electron chi connectivity index (χ0n) is 18.9. The second-order valence-electron chi connectivity index (χ2n) is 9.10. The van der Waals surface area contributed by atoms with Crippen molar-refractivity contribution in [3.8, 4) is 0 Å². The number of hydrogen-bond acceptors (Lipinski definition) is 6. The van der Waals surface area contributed by atoms with Gasteiger partial charge in [0.05, 0.1) is 0 Å². The van der Waals surface area contributed by atoms with Gasteiger partial charge in [-0.2, -0.15) is 0 Å². The number of carbonyl (C=O) groups is 1. The van der Waals surface area contributed by atoms with Crippen molar-refractivity contribution in [2.24, 2.45) is 4.99 Å². The molecule has 1 atom stereocenters. The standard InChI is InChI=1S/C24H32N4O3S.Sn/c29-15-11-25-23(30)27-20-4-2-19(3-5-20)18-26-22(8-12-28-13-16-31-17-14-28)24(9-1-10-24)32-21-6-7-21;/h2-5,8,12,21,29H,1,6-7,9-11,13-17H2,(H2,25,27,30);. The Morgan fingerprint density at radius 3 is 2.64 bits per heavy atom. The summed E-state index contributed by atoms with van der Waals surface area (Å²) in [5.74, 6) is 0. The average Bonchev–Trinajstić information content (AvgIpc) is 3.65. The van der Waals surface area contributed by atoms with Crippen molar-refractivity contribution in [1.82, 2.24) is 10.2 Å². The van der Waals surface area contributed by atoms with Gasteiger partial charge in [-0.25, -0.2) is 0 Å². The molecule has 1 aromatic rings. The Balaban J connectivity index is 1.36. The zero-order valence-corrected chi connectivity index (χ0v) is 22.6. The third kappa shape index (κ3) is 5.78. The quantitative estimate of drug-likeness (QED) is 0.416. The number of benzene rings is 1. The monoisotopic (exact) mass is 576 g/mol. The molecule has 4 aliphatic rings. The van der Waals surface area contributed by atoms with Gasteiger partial charge in [-0.1, -0.05) is 0 Å². The molecule has 0 spiro atoms. The van der Waals surface area contributed by atoms with Crippen molar-refractivity contribution in [1.29, 1.82) is 0 Å². The predicted molar refractivity (Wildman–Crippen MR) is 134 cm³/mol. The number of thioether (sulfide) groups is 1. The second-order valence-corrected chi connectivity index (χ2v) is 14.6. The van der Waals surface area contributed by atoms with Crippen molar-refractivity contribution >= 4 is 48.4 Å². The number of nitrogens with one attached hydrogen (secondary N) is 2. The normalized spacial score (nSPS) is 24.9. The molecule has 1 unspecified atom stereocenters. The maximum atomic E-state index is 11.9. The first-order chi connectivity index (χ1) is 16.1. The third-order valence-corrected chi connectivity index (χ3v) is 12.8. The van der Waals surface area contributed by atoms with Gasteiger partial charge in [0.15, 0.2) is 0 Å². The molecule has 2 aliphatic carbocycles. The molecule has 2 aliphatic heterocycles. The molecule has 0 aromatic heterocycles. The Labute approximate surface area is 210 Å². The second kappa shape index (κ2) is 10.7. The van der Waals surface area contributed by atoms with Gasteiger partial charge in [0.2, 0.25) is 0 Å². The SMILES string of the molecule is O=C(NCCO)Nc1ccc([C]2=NC(C3(SC4CC4)CCC3)=C[CH](N3CCOCC3)[Sn]2)cc1. The van der Waals surface area contributed by atoms with Crippen molar-refractivity contribution in [2.75, 3.05) is 44.8 Å². The number of amides is 2. The molecule has 9 heteroatoms. The van der Waals surface area contributed by atoms with E-state index in [0.29, 0.717) is 4.06 Å². The van der Waals surface area contributed by atoms with Crippen LogP contribution in [0.15, 0.2) is 41.0 Å². The molecule has 1 aromatic carbocycles. The van der Waals surface area contributed by atoms with E-state index in [4.69, 9.17) is 14.8 Å². The number of nitrogens with zero attached hydrogens (tertiary/aromatic N) is 2. The number of aliphatic imine (C=N–C) groups is 1. The number of ether oxygens (including phenoxy) is 1. The fourth-order valence-corrected chi connectivity index (χ4v) is 10.5. The molecular formula is C24H32N4O3SSn. The average molecular weight is 575 g/mol. The number of rotatable bonds is 8. The molecule has 1 saturated heterocycles. The van der Waals surface area contributed by atoms with E-state index in [1.807, 2.05) is 12.1 Å². The van der Waals surface area contributed by atoms with E-state index < -0.39 is 21.1 Å². The van der Waals surface area contributed by atoms with Crippen LogP contribution in [0, 0.1) is 0 Å². The van der Waals surface area contributed by atoms with E-state index in [1.54, 1.807) is 0 Å². The van der Waals surface area contributed by atoms with Gasteiger partial charge >= 0.3 is 211 Å². The van der Waals surface area contributed by atoms with E-state index in [-0.39, 0.29) is 23.9 Å². The van der Waals surface area contributed by atoms with Crippen LogP contribution in [0.5, 0.6) is 0 Å². The molecule has 5 rings (SSSR count). The first kappa shape index (κ1) is 23.7. The first-order valence-electron chi connectivity index (χ1n) is 12.0. The van der Waals surface area contributed by atoms with Gasteiger partial charge in [-0.05, 0) is 0 Å². The van der Waals surface area contributed by atoms with Crippen molar-refractivity contribution in [2.45, 2.75) is 46.2 Å². The van der Waals surface area contributed by atoms with Gasteiger partial charge in [0, 0.05) is 0 Å². The molecule has 33 heavy (non-hydrogen) atoms. The molecular weight excluding hydrogens is 543 g/mol. The van der Waals surface area contributed by atoms with Crippen LogP contribution < -0.4 is 10.6 Å². The topological polar surface area (TPSA) is 86.2 Å². The zero-order chi connectivity index (χ0) is 22.7. The van der Waals surface area contributed by atoms with Gasteiger partial charge in [-0.3, -0.25) is 0 Å². The summed E-state index contributed by atoms with van der Waals surface area (Å²) in [6, 6.07) is 7.81. The van der Waals surface area contributed by atoms with E-state index in [9.17, 15) is 4.79 Å². The van der Waals surface area contributed by atoms with Crippen LogP contribution in [0.1, 0.15) is 37.7 Å². The molecule has 3 N–H and O–H groups in total. The summed E-state index contributed by atoms with van der Waals surface area (Å²) in [6.45, 7) is 3.84. The number of anilines is 1. The van der Waals surface area contributed by atoms with E-state index in [1.165, 1.54) is 47.1 Å². The number of carbonyl (C=O) groups excluding carboxylic acids is 1. The molecule has 2 heterocycles. The Morgan fingerprint density at radius 2 is 2.00 bits per heavy atom. The third-order valence-electron chi connectivity index (χ3n) is 6.63. The number of urea groups is 1. The Morgan fingerprint density at radius 1 is 1.24 bits per heavy atom. The van der Waals surface area contributed by atoms with Crippen molar-refractivity contribution in [3.63, 3.8) is 0 Å². The summed E-state index contributed by atoms with van der Waals surface area (Å²) >= 11 is 1.22. The van der Waals surface area contributed by atoms with Gasteiger partial charge < -0.3 is 0 Å². The fourth-order valence-electron chi connectivity index (χ4n) is 4.47. The number of morpholine rings is 1. The summed E-state index contributed by atoms with van der Waals surface area (Å²) in [6.07, 6.45) is 9.08. The molecule has 2 radical (unpaired) electrons. The van der Waals surface area contributed by atoms with E-state index in [0.717, 1.165) is 37.2 Å². The first-order valence-corrected chi connectivity index (χ1v) is 15.9. The Kier molecular flexibility index (Phi) is 7.66. The van der Waals surface area contributed by atoms with E-state index >= 15 is 0 Å². The summed E-state index contributed by atoms with van der Waals surface area (Å²) in [5, 5.41) is 15.1. The number of hydrogen-bond donors (Lipinski definition) is 3. The number of aliphatic hydroxyl groups excluding tert-OH is 1. The minimum atomic E-state index is -0.972. The van der Waals surface area contributed by atoms with Gasteiger partial charge in [0.25, 0.3) is 0 Å². The molecule has 2 saturated carbocycles. The maximum absolute atomic E-state index is 11.9. The van der Waals surface area contributed by atoms with E-state index in [2.05, 4.69) is 45.5 Å². The summed E-state index contributed by atoms with van der Waals surface area (Å²) < 4.78 is 7.69. The van der Waals surface area contributed by atoms with Gasteiger partial charge in [0.1, 0.15) is 0 Å². The van der Waals surface area contributed by atoms with Crippen LogP contribution in [0.3, 0.4) is 0 Å². The van der Waals surface area contributed by atoms with Crippen LogP contribution in [0.4, 0.5) is 10.5 Å². The number of aliphatic hydroxyl groups is 1. The van der Waals surface area contributed by atoms with Crippen LogP contribution in [0.25, 0.3) is 0 Å². The molecule has 7 nitrogen and oxygen atoms in total. The summed E-state index contributed by atoms with van der Waals surface area (Å²) in [7, 11) is 0. The van der Waals surface area contributed by atoms with Crippen molar-refractivity contribution in [3.05, 3.63) is 41.6 Å². The molecule has 2 amide bonds. The predicted octanol–water partition coefficient (Wildman–Crippen LogP) is 2.63. The van der Waals surface area contributed by atoms with Crippen LogP contribution in [-0.4, -0.2) is 94.4 Å². The van der Waals surface area contributed by atoms with Crippen LogP contribution >= 0.6 is 11.8 Å². The summed E-state index contributed by atoms with van der Waals surface area (Å²) in [5.41, 5.74) is 3.27. The Bertz CT molecular complexity index is 909. The van der Waals surface area contributed by atoms with Crippen LogP contribution in [-0.2, 0) is 4.74 Å². The minimum absolute atomic E-state index is 0.0709. The Hall–Kier alpha value is -1.07. The van der Waals surface area contributed by atoms with Gasteiger partial charge in [-0.15, -0.1) is 0 Å². The molecule has 176 valence electrons. The fraction of sp³-hybridized carbons (Fsp3) is 0.583. The van der Waals surface area contributed by atoms with Crippen LogP contribution in [0.2, 0.25) is 0 Å². The molecule has 3 fully saturated rings. The summed E-state index contributed by atoms with van der Waals surface area (Å²) in [4.78, 5) is 19.9.